The third-order valence-corrected chi connectivity index (χ3v) is 3.88. The lowest BCUT2D eigenvalue weighted by Gasteiger charge is -2.29. The van der Waals surface area contributed by atoms with Gasteiger partial charge < -0.3 is 4.74 Å². The van der Waals surface area contributed by atoms with Crippen LogP contribution in [0.25, 0.3) is 0 Å². The van der Waals surface area contributed by atoms with Gasteiger partial charge in [0, 0.05) is 24.3 Å². The van der Waals surface area contributed by atoms with Gasteiger partial charge in [0.1, 0.15) is 11.4 Å². The predicted molar refractivity (Wildman–Crippen MR) is 88.1 cm³/mol. The van der Waals surface area contributed by atoms with E-state index in [4.69, 9.17) is 4.74 Å². The van der Waals surface area contributed by atoms with Crippen LogP contribution >= 0.6 is 0 Å². The van der Waals surface area contributed by atoms with Crippen molar-refractivity contribution in [3.05, 3.63) is 23.9 Å². The van der Waals surface area contributed by atoms with E-state index in [1.807, 2.05) is 33.8 Å². The Morgan fingerprint density at radius 1 is 1.50 bits per heavy atom. The lowest BCUT2D eigenvalue weighted by Crippen LogP contribution is -2.38. The van der Waals surface area contributed by atoms with Crippen LogP contribution in [0.5, 0.6) is 0 Å². The molecule has 0 N–H and O–H groups in total. The van der Waals surface area contributed by atoms with Gasteiger partial charge >= 0.3 is 6.09 Å². The maximum atomic E-state index is 12.5. The molecule has 122 valence electrons. The zero-order chi connectivity index (χ0) is 16.3. The van der Waals surface area contributed by atoms with Crippen LogP contribution < -0.4 is 4.90 Å². The highest BCUT2D eigenvalue weighted by Gasteiger charge is 2.30. The summed E-state index contributed by atoms with van der Waals surface area (Å²) in [6.45, 7) is 9.20. The molecule has 0 unspecified atom stereocenters. The number of ether oxygens (including phenoxy) is 1. The summed E-state index contributed by atoms with van der Waals surface area (Å²) >= 11 is 0. The Bertz CT molecular complexity index is 525. The summed E-state index contributed by atoms with van der Waals surface area (Å²) < 4.78 is 5.52. The van der Waals surface area contributed by atoms with E-state index in [2.05, 4.69) is 23.0 Å². The number of likely N-dealkylation sites (tertiary alicyclic amines) is 1. The summed E-state index contributed by atoms with van der Waals surface area (Å²) in [7, 11) is 2.12. The van der Waals surface area contributed by atoms with Crippen LogP contribution in [-0.4, -0.2) is 41.7 Å². The second-order valence-corrected chi connectivity index (χ2v) is 6.78. The Labute approximate surface area is 133 Å². The highest BCUT2D eigenvalue weighted by molar-refractivity contribution is 5.87. The standard InChI is InChI=1S/C17H27N3O2/c1-6-20(16(21)22-17(2,3)4)15-13(9-7-11-18-15)14-10-8-12-19(14)5/h7,9,11,14H,6,8,10,12H2,1-5H3/t14-/m1/s1. The molecule has 1 fully saturated rings. The topological polar surface area (TPSA) is 45.7 Å². The lowest BCUT2D eigenvalue weighted by molar-refractivity contribution is 0.0580. The van der Waals surface area contributed by atoms with Crippen LogP contribution in [0.1, 0.15) is 52.1 Å². The van der Waals surface area contributed by atoms with Gasteiger partial charge in [-0.25, -0.2) is 9.78 Å². The Morgan fingerprint density at radius 3 is 2.77 bits per heavy atom. The van der Waals surface area contributed by atoms with Gasteiger partial charge in [0.05, 0.1) is 0 Å². The number of pyridine rings is 1. The molecule has 5 heteroatoms. The number of carbonyl (C=O) groups is 1. The van der Waals surface area contributed by atoms with E-state index in [1.165, 1.54) is 6.42 Å². The molecule has 1 aliphatic heterocycles. The first-order valence-corrected chi connectivity index (χ1v) is 7.99. The summed E-state index contributed by atoms with van der Waals surface area (Å²) in [6.07, 6.45) is 3.67. The van der Waals surface area contributed by atoms with Gasteiger partial charge in [0.15, 0.2) is 0 Å². The van der Waals surface area contributed by atoms with Crippen LogP contribution in [0, 0.1) is 0 Å². The molecule has 1 amide bonds. The van der Waals surface area contributed by atoms with Gasteiger partial charge in [0.25, 0.3) is 0 Å². The van der Waals surface area contributed by atoms with E-state index in [-0.39, 0.29) is 6.09 Å². The normalized spacial score (nSPS) is 19.2. The minimum absolute atomic E-state index is 0.320. The summed E-state index contributed by atoms with van der Waals surface area (Å²) in [4.78, 5) is 20.9. The van der Waals surface area contributed by atoms with E-state index >= 15 is 0 Å². The first kappa shape index (κ1) is 16.7. The molecule has 1 saturated heterocycles. The number of hydrogen-bond acceptors (Lipinski definition) is 4. The smallest absolute Gasteiger partial charge is 0.415 e. The number of rotatable bonds is 3. The van der Waals surface area contributed by atoms with Gasteiger partial charge in [-0.1, -0.05) is 6.07 Å². The van der Waals surface area contributed by atoms with Crippen molar-refractivity contribution in [1.29, 1.82) is 0 Å². The second-order valence-electron chi connectivity index (χ2n) is 6.78. The fourth-order valence-electron chi connectivity index (χ4n) is 2.88. The summed E-state index contributed by atoms with van der Waals surface area (Å²) in [6, 6.07) is 4.33. The van der Waals surface area contributed by atoms with Crippen LogP contribution in [0.2, 0.25) is 0 Å². The molecule has 0 saturated carbocycles. The molecule has 2 rings (SSSR count). The van der Waals surface area contributed by atoms with E-state index in [1.54, 1.807) is 11.1 Å². The summed E-state index contributed by atoms with van der Waals surface area (Å²) in [5, 5.41) is 0. The molecule has 1 aromatic heterocycles. The molecular formula is C17H27N3O2. The molecule has 0 aromatic carbocycles. The number of anilines is 1. The maximum absolute atomic E-state index is 12.5. The highest BCUT2D eigenvalue weighted by Crippen LogP contribution is 2.35. The molecule has 0 bridgehead atoms. The van der Waals surface area contributed by atoms with Gasteiger partial charge in [-0.2, -0.15) is 0 Å². The third kappa shape index (κ3) is 3.77. The maximum Gasteiger partial charge on any atom is 0.415 e. The van der Waals surface area contributed by atoms with Crippen molar-refractivity contribution in [2.45, 2.75) is 52.2 Å². The SMILES string of the molecule is CCN(C(=O)OC(C)(C)C)c1ncccc1[C@H]1CCCN1C. The Morgan fingerprint density at radius 2 is 2.23 bits per heavy atom. The minimum Gasteiger partial charge on any atom is -0.443 e. The first-order chi connectivity index (χ1) is 10.3. The van der Waals surface area contributed by atoms with E-state index in [0.717, 1.165) is 24.3 Å². The lowest BCUT2D eigenvalue weighted by atomic mass is 10.1. The molecule has 5 nitrogen and oxygen atoms in total. The number of carbonyl (C=O) groups excluding carboxylic acids is 1. The molecule has 0 spiro atoms. The zero-order valence-corrected chi connectivity index (χ0v) is 14.3. The highest BCUT2D eigenvalue weighted by atomic mass is 16.6. The van der Waals surface area contributed by atoms with E-state index < -0.39 is 5.60 Å². The van der Waals surface area contributed by atoms with Gasteiger partial charge in [-0.15, -0.1) is 0 Å². The van der Waals surface area contributed by atoms with Crippen molar-refractivity contribution in [3.63, 3.8) is 0 Å². The first-order valence-electron chi connectivity index (χ1n) is 7.99. The third-order valence-electron chi connectivity index (χ3n) is 3.88. The van der Waals surface area contributed by atoms with E-state index in [9.17, 15) is 4.79 Å². The van der Waals surface area contributed by atoms with Crippen LogP contribution in [0.15, 0.2) is 18.3 Å². The molecule has 0 aliphatic carbocycles. The molecular weight excluding hydrogens is 278 g/mol. The van der Waals surface area contributed by atoms with Crippen molar-refractivity contribution in [1.82, 2.24) is 9.88 Å². The fourth-order valence-corrected chi connectivity index (χ4v) is 2.88. The Balaban J connectivity index is 2.31. The zero-order valence-electron chi connectivity index (χ0n) is 14.3. The molecule has 22 heavy (non-hydrogen) atoms. The number of aromatic nitrogens is 1. The van der Waals surface area contributed by atoms with Crippen LogP contribution in [-0.2, 0) is 4.74 Å². The largest absolute Gasteiger partial charge is 0.443 e. The summed E-state index contributed by atoms with van der Waals surface area (Å²) in [5.74, 6) is 0.720. The second kappa shape index (κ2) is 6.65. The number of hydrogen-bond donors (Lipinski definition) is 0. The Kier molecular flexibility index (Phi) is 5.06. The number of amides is 1. The van der Waals surface area contributed by atoms with Gasteiger partial charge in [-0.05, 0) is 60.2 Å². The molecule has 1 aromatic rings. The van der Waals surface area contributed by atoms with Gasteiger partial charge in [0.2, 0.25) is 0 Å². The summed E-state index contributed by atoms with van der Waals surface area (Å²) in [5.41, 5.74) is 0.596. The molecule has 0 radical (unpaired) electrons. The molecule has 2 heterocycles. The fraction of sp³-hybridized carbons (Fsp3) is 0.647. The average Bonchev–Trinajstić information content (AvgIpc) is 2.84. The molecule has 1 aliphatic rings. The molecule has 1 atom stereocenters. The van der Waals surface area contributed by atoms with Crippen molar-refractivity contribution < 1.29 is 9.53 Å². The predicted octanol–water partition coefficient (Wildman–Crippen LogP) is 3.61. The van der Waals surface area contributed by atoms with Crippen molar-refractivity contribution in [2.75, 3.05) is 25.0 Å². The monoisotopic (exact) mass is 305 g/mol. The number of nitrogens with zero attached hydrogens (tertiary/aromatic N) is 3. The quantitative estimate of drug-likeness (QED) is 0.856. The van der Waals surface area contributed by atoms with E-state index in [0.29, 0.717) is 12.6 Å². The van der Waals surface area contributed by atoms with Crippen LogP contribution in [0.3, 0.4) is 0 Å². The van der Waals surface area contributed by atoms with Crippen molar-refractivity contribution >= 4 is 11.9 Å². The minimum atomic E-state index is -0.510. The van der Waals surface area contributed by atoms with Crippen LogP contribution in [0.4, 0.5) is 10.6 Å². The van der Waals surface area contributed by atoms with Crippen molar-refractivity contribution in [2.24, 2.45) is 0 Å². The Hall–Kier alpha value is -1.62. The van der Waals surface area contributed by atoms with Gasteiger partial charge in [-0.3, -0.25) is 9.80 Å². The van der Waals surface area contributed by atoms with Crippen molar-refractivity contribution in [3.8, 4) is 0 Å². The average molecular weight is 305 g/mol.